The molecule has 0 aromatic heterocycles. The smallest absolute Gasteiger partial charge is 0.126 e. The molecule has 0 fully saturated rings. The summed E-state index contributed by atoms with van der Waals surface area (Å²) in [4.78, 5) is 0. The van der Waals surface area contributed by atoms with E-state index < -0.39 is 0 Å². The fourth-order valence-corrected chi connectivity index (χ4v) is 1.70. The van der Waals surface area contributed by atoms with E-state index in [2.05, 4.69) is 5.32 Å². The maximum atomic E-state index is 12.9. The first-order chi connectivity index (χ1) is 9.24. The van der Waals surface area contributed by atoms with E-state index in [0.717, 1.165) is 5.56 Å². The van der Waals surface area contributed by atoms with Gasteiger partial charge in [-0.3, -0.25) is 0 Å². The van der Waals surface area contributed by atoms with Gasteiger partial charge in [-0.2, -0.15) is 0 Å². The van der Waals surface area contributed by atoms with Crippen molar-refractivity contribution in [2.45, 2.75) is 6.54 Å². The van der Waals surface area contributed by atoms with Crippen molar-refractivity contribution in [1.29, 1.82) is 0 Å². The van der Waals surface area contributed by atoms with Gasteiger partial charge in [0.05, 0.1) is 0 Å². The van der Waals surface area contributed by atoms with E-state index in [1.807, 2.05) is 6.07 Å². The number of aromatic hydroxyl groups is 1. The third-order valence-corrected chi connectivity index (χ3v) is 2.58. The highest BCUT2D eigenvalue weighted by Gasteiger charge is 1.97. The second-order valence-corrected chi connectivity index (χ2v) is 4.15. The van der Waals surface area contributed by atoms with Crippen molar-refractivity contribution >= 4 is 0 Å². The summed E-state index contributed by atoms with van der Waals surface area (Å²) in [5, 5.41) is 12.5. The van der Waals surface area contributed by atoms with Crippen LogP contribution in [0.3, 0.4) is 0 Å². The average Bonchev–Trinajstić information content (AvgIpc) is 2.38. The van der Waals surface area contributed by atoms with Gasteiger partial charge in [0, 0.05) is 19.2 Å². The molecule has 2 rings (SSSR count). The zero-order valence-electron chi connectivity index (χ0n) is 10.5. The fourth-order valence-electron chi connectivity index (χ4n) is 1.70. The average molecular weight is 261 g/mol. The summed E-state index contributed by atoms with van der Waals surface area (Å²) in [7, 11) is 0. The molecular weight excluding hydrogens is 245 g/mol. The first kappa shape index (κ1) is 13.4. The van der Waals surface area contributed by atoms with Crippen molar-refractivity contribution in [2.75, 3.05) is 13.2 Å². The molecule has 2 aromatic rings. The normalized spacial score (nSPS) is 10.4. The summed E-state index contributed by atoms with van der Waals surface area (Å²) < 4.78 is 18.3. The number of phenols is 1. The molecule has 2 aromatic carbocycles. The Labute approximate surface area is 111 Å². The number of hydrogen-bond donors (Lipinski definition) is 2. The number of phenolic OH excluding ortho intramolecular Hbond substituents is 1. The van der Waals surface area contributed by atoms with Gasteiger partial charge in [-0.1, -0.05) is 18.2 Å². The minimum Gasteiger partial charge on any atom is -0.508 e. The molecule has 0 amide bonds. The van der Waals surface area contributed by atoms with Crippen molar-refractivity contribution in [3.05, 3.63) is 59.9 Å². The van der Waals surface area contributed by atoms with Crippen LogP contribution in [0.4, 0.5) is 4.39 Å². The van der Waals surface area contributed by atoms with E-state index in [1.54, 1.807) is 30.3 Å². The molecule has 4 heteroatoms. The van der Waals surface area contributed by atoms with Crippen LogP contribution in [-0.2, 0) is 6.54 Å². The van der Waals surface area contributed by atoms with E-state index in [0.29, 0.717) is 25.4 Å². The Morgan fingerprint density at radius 2 is 1.95 bits per heavy atom. The maximum Gasteiger partial charge on any atom is 0.126 e. The summed E-state index contributed by atoms with van der Waals surface area (Å²) in [5.41, 5.74) is 1.01. The number of hydrogen-bond acceptors (Lipinski definition) is 3. The highest BCUT2D eigenvalue weighted by Crippen LogP contribution is 2.12. The third-order valence-electron chi connectivity index (χ3n) is 2.58. The Morgan fingerprint density at radius 1 is 1.11 bits per heavy atom. The van der Waals surface area contributed by atoms with Gasteiger partial charge in [-0.15, -0.1) is 0 Å². The van der Waals surface area contributed by atoms with E-state index in [1.165, 1.54) is 12.1 Å². The van der Waals surface area contributed by atoms with Crippen LogP contribution >= 0.6 is 0 Å². The molecule has 0 atom stereocenters. The molecule has 2 N–H and O–H groups in total. The highest BCUT2D eigenvalue weighted by atomic mass is 19.1. The van der Waals surface area contributed by atoms with E-state index >= 15 is 0 Å². The molecule has 0 aliphatic heterocycles. The molecule has 0 unspecified atom stereocenters. The zero-order chi connectivity index (χ0) is 13.5. The lowest BCUT2D eigenvalue weighted by atomic mass is 10.2. The van der Waals surface area contributed by atoms with Gasteiger partial charge in [-0.25, -0.2) is 4.39 Å². The second kappa shape index (κ2) is 6.75. The topological polar surface area (TPSA) is 41.5 Å². The number of benzene rings is 2. The predicted molar refractivity (Wildman–Crippen MR) is 71.7 cm³/mol. The van der Waals surface area contributed by atoms with Crippen molar-refractivity contribution in [1.82, 2.24) is 5.32 Å². The van der Waals surface area contributed by atoms with Gasteiger partial charge in [-0.05, 0) is 29.8 Å². The van der Waals surface area contributed by atoms with E-state index in [-0.39, 0.29) is 11.6 Å². The molecule has 0 saturated carbocycles. The molecule has 0 saturated heterocycles. The molecule has 0 heterocycles. The third kappa shape index (κ3) is 4.60. The zero-order valence-corrected chi connectivity index (χ0v) is 10.5. The van der Waals surface area contributed by atoms with Gasteiger partial charge in [0.15, 0.2) is 0 Å². The lowest BCUT2D eigenvalue weighted by molar-refractivity contribution is 0.312. The van der Waals surface area contributed by atoms with Crippen molar-refractivity contribution < 1.29 is 14.2 Å². The minimum absolute atomic E-state index is 0.260. The molecule has 0 spiro atoms. The van der Waals surface area contributed by atoms with Crippen LogP contribution in [-0.4, -0.2) is 18.3 Å². The Morgan fingerprint density at radius 3 is 2.74 bits per heavy atom. The quantitative estimate of drug-likeness (QED) is 0.786. The van der Waals surface area contributed by atoms with Crippen LogP contribution in [0.5, 0.6) is 11.5 Å². The van der Waals surface area contributed by atoms with Gasteiger partial charge in [0.1, 0.15) is 23.9 Å². The summed E-state index contributed by atoms with van der Waals surface area (Å²) in [6.45, 7) is 1.76. The minimum atomic E-state index is -0.301. The first-order valence-electron chi connectivity index (χ1n) is 6.11. The second-order valence-electron chi connectivity index (χ2n) is 4.15. The van der Waals surface area contributed by atoms with Gasteiger partial charge in [0.25, 0.3) is 0 Å². The van der Waals surface area contributed by atoms with Crippen LogP contribution in [0.15, 0.2) is 48.5 Å². The van der Waals surface area contributed by atoms with Gasteiger partial charge < -0.3 is 15.2 Å². The first-order valence-corrected chi connectivity index (χ1v) is 6.11. The summed E-state index contributed by atoms with van der Waals surface area (Å²) in [6, 6.07) is 13.2. The van der Waals surface area contributed by atoms with Crippen molar-refractivity contribution in [2.24, 2.45) is 0 Å². The Bertz CT molecular complexity index is 484. The van der Waals surface area contributed by atoms with Gasteiger partial charge in [0.2, 0.25) is 0 Å². The molecule has 0 radical (unpaired) electrons. The van der Waals surface area contributed by atoms with E-state index in [4.69, 9.17) is 4.74 Å². The standard InChI is InChI=1S/C15H16FNO2/c16-13-4-2-6-15(10-13)19-8-7-17-11-12-3-1-5-14(18)9-12/h1-6,9-10,17-18H,7-8,11H2. The largest absolute Gasteiger partial charge is 0.508 e. The molecule has 0 bridgehead atoms. The van der Waals surface area contributed by atoms with Crippen LogP contribution in [0, 0.1) is 5.82 Å². The lowest BCUT2D eigenvalue weighted by Crippen LogP contribution is -2.20. The van der Waals surface area contributed by atoms with Gasteiger partial charge >= 0.3 is 0 Å². The summed E-state index contributed by atoms with van der Waals surface area (Å²) in [6.07, 6.45) is 0. The number of rotatable bonds is 6. The molecular formula is C15H16FNO2. The molecule has 0 aliphatic rings. The summed E-state index contributed by atoms with van der Waals surface area (Å²) >= 11 is 0. The lowest BCUT2D eigenvalue weighted by Gasteiger charge is -2.08. The number of ether oxygens (including phenoxy) is 1. The Balaban J connectivity index is 1.67. The molecule has 19 heavy (non-hydrogen) atoms. The molecule has 100 valence electrons. The van der Waals surface area contributed by atoms with Crippen LogP contribution < -0.4 is 10.1 Å². The number of nitrogens with one attached hydrogen (secondary N) is 1. The monoisotopic (exact) mass is 261 g/mol. The number of halogens is 1. The Hall–Kier alpha value is -2.07. The Kier molecular flexibility index (Phi) is 4.75. The van der Waals surface area contributed by atoms with Crippen LogP contribution in [0.1, 0.15) is 5.56 Å². The molecule has 3 nitrogen and oxygen atoms in total. The van der Waals surface area contributed by atoms with E-state index in [9.17, 15) is 9.50 Å². The fraction of sp³-hybridized carbons (Fsp3) is 0.200. The SMILES string of the molecule is Oc1cccc(CNCCOc2cccc(F)c2)c1. The van der Waals surface area contributed by atoms with Crippen molar-refractivity contribution in [3.63, 3.8) is 0 Å². The highest BCUT2D eigenvalue weighted by molar-refractivity contribution is 5.27. The predicted octanol–water partition coefficient (Wildman–Crippen LogP) is 2.70. The molecule has 0 aliphatic carbocycles. The van der Waals surface area contributed by atoms with Crippen LogP contribution in [0.25, 0.3) is 0 Å². The maximum absolute atomic E-state index is 12.9. The summed E-state index contributed by atoms with van der Waals surface area (Å²) in [5.74, 6) is 0.486. The van der Waals surface area contributed by atoms with Crippen LogP contribution in [0.2, 0.25) is 0 Å². The van der Waals surface area contributed by atoms with Crippen molar-refractivity contribution in [3.8, 4) is 11.5 Å².